The Labute approximate surface area is 95.9 Å². The van der Waals surface area contributed by atoms with Crippen LogP contribution in [-0.2, 0) is 6.42 Å². The minimum atomic E-state index is 0.711. The molecule has 1 rings (SSSR count). The molecular weight excluding hydrogens is 236 g/mol. The molecule has 14 heavy (non-hydrogen) atoms. The average molecular weight is 254 g/mol. The Morgan fingerprint density at radius 3 is 2.64 bits per heavy atom. The van der Waals surface area contributed by atoms with E-state index in [-0.39, 0.29) is 0 Å². The molecule has 1 atom stereocenters. The molecule has 0 saturated heterocycles. The van der Waals surface area contributed by atoms with Crippen LogP contribution in [-0.4, -0.2) is 4.83 Å². The van der Waals surface area contributed by atoms with E-state index in [9.17, 15) is 0 Å². The standard InChI is InChI=1S/C13H18Br/c1-2-7-13(14)11-6-10-12-8-4-3-5-9-12/h4-5,8-9,13H,2,6-7,10-11H2,1H3. The number of rotatable bonds is 6. The van der Waals surface area contributed by atoms with Gasteiger partial charge in [0.15, 0.2) is 0 Å². The topological polar surface area (TPSA) is 0 Å². The Bertz CT molecular complexity index is 230. The molecule has 1 radical (unpaired) electrons. The SMILES string of the molecule is CCCC(Br)CCCc1cc[c]cc1. The van der Waals surface area contributed by atoms with Crippen molar-refractivity contribution in [2.45, 2.75) is 43.9 Å². The zero-order chi connectivity index (χ0) is 10.2. The Hall–Kier alpha value is -0.300. The third-order valence-corrected chi connectivity index (χ3v) is 3.29. The van der Waals surface area contributed by atoms with Gasteiger partial charge in [-0.1, -0.05) is 53.5 Å². The second-order valence-corrected chi connectivity index (χ2v) is 4.98. The van der Waals surface area contributed by atoms with Crippen LogP contribution in [0.3, 0.4) is 0 Å². The third-order valence-electron chi connectivity index (χ3n) is 2.37. The fraction of sp³-hybridized carbons (Fsp3) is 0.538. The van der Waals surface area contributed by atoms with Crippen LogP contribution >= 0.6 is 15.9 Å². The smallest absolute Gasteiger partial charge is 0.0145 e. The molecule has 0 heterocycles. The van der Waals surface area contributed by atoms with Gasteiger partial charge in [0, 0.05) is 4.83 Å². The molecule has 1 heteroatoms. The highest BCUT2D eigenvalue weighted by Crippen LogP contribution is 2.15. The highest BCUT2D eigenvalue weighted by Gasteiger charge is 2.01. The number of hydrogen-bond donors (Lipinski definition) is 0. The summed E-state index contributed by atoms with van der Waals surface area (Å²) in [6.07, 6.45) is 6.33. The van der Waals surface area contributed by atoms with Gasteiger partial charge < -0.3 is 0 Å². The molecule has 1 aromatic carbocycles. The molecule has 0 bridgehead atoms. The van der Waals surface area contributed by atoms with Gasteiger partial charge in [0.2, 0.25) is 0 Å². The molecule has 0 amide bonds. The van der Waals surface area contributed by atoms with Crippen molar-refractivity contribution in [1.29, 1.82) is 0 Å². The quantitative estimate of drug-likeness (QED) is 0.661. The lowest BCUT2D eigenvalue weighted by atomic mass is 10.1. The van der Waals surface area contributed by atoms with E-state index in [2.05, 4.69) is 41.1 Å². The highest BCUT2D eigenvalue weighted by molar-refractivity contribution is 9.09. The van der Waals surface area contributed by atoms with Crippen LogP contribution in [0.5, 0.6) is 0 Å². The van der Waals surface area contributed by atoms with Gasteiger partial charge in [-0.15, -0.1) is 0 Å². The first kappa shape index (κ1) is 11.8. The van der Waals surface area contributed by atoms with Crippen LogP contribution in [0, 0.1) is 6.07 Å². The summed E-state index contributed by atoms with van der Waals surface area (Å²) >= 11 is 3.71. The molecular formula is C13H18Br. The number of aryl methyl sites for hydroxylation is 1. The van der Waals surface area contributed by atoms with E-state index in [4.69, 9.17) is 0 Å². The Morgan fingerprint density at radius 2 is 2.00 bits per heavy atom. The second-order valence-electron chi connectivity index (χ2n) is 3.69. The highest BCUT2D eigenvalue weighted by atomic mass is 79.9. The number of halogens is 1. The van der Waals surface area contributed by atoms with Crippen molar-refractivity contribution in [3.05, 3.63) is 35.9 Å². The van der Waals surface area contributed by atoms with Gasteiger partial charge in [0.25, 0.3) is 0 Å². The summed E-state index contributed by atoms with van der Waals surface area (Å²) in [4.78, 5) is 0.711. The summed E-state index contributed by atoms with van der Waals surface area (Å²) in [6.45, 7) is 2.24. The van der Waals surface area contributed by atoms with Crippen LogP contribution in [0.2, 0.25) is 0 Å². The zero-order valence-corrected chi connectivity index (χ0v) is 10.4. The molecule has 1 unspecified atom stereocenters. The third kappa shape index (κ3) is 4.80. The van der Waals surface area contributed by atoms with Crippen LogP contribution in [0.25, 0.3) is 0 Å². The lowest BCUT2D eigenvalue weighted by Gasteiger charge is -2.07. The van der Waals surface area contributed by atoms with E-state index < -0.39 is 0 Å². The van der Waals surface area contributed by atoms with Gasteiger partial charge in [-0.2, -0.15) is 0 Å². The van der Waals surface area contributed by atoms with Crippen molar-refractivity contribution in [2.24, 2.45) is 0 Å². The van der Waals surface area contributed by atoms with Crippen molar-refractivity contribution in [2.75, 3.05) is 0 Å². The molecule has 77 valence electrons. The summed E-state index contributed by atoms with van der Waals surface area (Å²) in [5, 5.41) is 0. The first-order chi connectivity index (χ1) is 6.83. The predicted molar refractivity (Wildman–Crippen MR) is 65.8 cm³/mol. The maximum absolute atomic E-state index is 3.71. The maximum atomic E-state index is 3.71. The lowest BCUT2D eigenvalue weighted by Crippen LogP contribution is -1.97. The van der Waals surface area contributed by atoms with Crippen molar-refractivity contribution in [3.63, 3.8) is 0 Å². The number of alkyl halides is 1. The van der Waals surface area contributed by atoms with Crippen molar-refractivity contribution in [3.8, 4) is 0 Å². The van der Waals surface area contributed by atoms with E-state index in [0.29, 0.717) is 4.83 Å². The summed E-state index contributed by atoms with van der Waals surface area (Å²) < 4.78 is 0. The normalized spacial score (nSPS) is 12.7. The van der Waals surface area contributed by atoms with Gasteiger partial charge in [0.05, 0.1) is 0 Å². The monoisotopic (exact) mass is 253 g/mol. The summed E-state index contributed by atoms with van der Waals surface area (Å²) in [7, 11) is 0. The first-order valence-electron chi connectivity index (χ1n) is 5.42. The van der Waals surface area contributed by atoms with E-state index in [0.717, 1.165) is 0 Å². The Morgan fingerprint density at radius 1 is 1.29 bits per heavy atom. The largest absolute Gasteiger partial charge is 0.0891 e. The van der Waals surface area contributed by atoms with Crippen molar-refractivity contribution >= 4 is 15.9 Å². The Kier molecular flexibility index (Phi) is 5.93. The van der Waals surface area contributed by atoms with E-state index >= 15 is 0 Å². The molecule has 0 aliphatic rings. The summed E-state index contributed by atoms with van der Waals surface area (Å²) in [6, 6.07) is 11.3. The second kappa shape index (κ2) is 7.05. The number of benzene rings is 1. The van der Waals surface area contributed by atoms with Crippen LogP contribution in [0.4, 0.5) is 0 Å². The van der Waals surface area contributed by atoms with E-state index in [1.54, 1.807) is 0 Å². The molecule has 0 saturated carbocycles. The molecule has 0 spiro atoms. The van der Waals surface area contributed by atoms with E-state index in [1.807, 2.05) is 12.1 Å². The van der Waals surface area contributed by atoms with Gasteiger partial charge in [-0.05, 0) is 37.3 Å². The van der Waals surface area contributed by atoms with Crippen LogP contribution < -0.4 is 0 Å². The molecule has 0 aromatic heterocycles. The van der Waals surface area contributed by atoms with Crippen molar-refractivity contribution < 1.29 is 0 Å². The molecule has 1 aromatic rings. The minimum absolute atomic E-state index is 0.711. The molecule has 0 aliphatic heterocycles. The summed E-state index contributed by atoms with van der Waals surface area (Å²) in [5.74, 6) is 0. The minimum Gasteiger partial charge on any atom is -0.0891 e. The molecule has 0 fully saturated rings. The van der Waals surface area contributed by atoms with Crippen LogP contribution in [0.15, 0.2) is 24.3 Å². The van der Waals surface area contributed by atoms with Gasteiger partial charge in [-0.25, -0.2) is 0 Å². The number of hydrogen-bond acceptors (Lipinski definition) is 0. The fourth-order valence-electron chi connectivity index (χ4n) is 1.57. The predicted octanol–water partition coefficient (Wildman–Crippen LogP) is 4.37. The van der Waals surface area contributed by atoms with Crippen molar-refractivity contribution in [1.82, 2.24) is 0 Å². The van der Waals surface area contributed by atoms with Gasteiger partial charge >= 0.3 is 0 Å². The summed E-state index contributed by atoms with van der Waals surface area (Å²) in [5.41, 5.74) is 1.43. The Balaban J connectivity index is 2.16. The van der Waals surface area contributed by atoms with Crippen LogP contribution in [0.1, 0.15) is 38.2 Å². The first-order valence-corrected chi connectivity index (χ1v) is 6.33. The maximum Gasteiger partial charge on any atom is 0.0145 e. The fourth-order valence-corrected chi connectivity index (χ4v) is 2.35. The molecule has 0 N–H and O–H groups in total. The molecule has 0 nitrogen and oxygen atoms in total. The lowest BCUT2D eigenvalue weighted by molar-refractivity contribution is 0.655. The van der Waals surface area contributed by atoms with Gasteiger partial charge in [0.1, 0.15) is 0 Å². The zero-order valence-electron chi connectivity index (χ0n) is 8.80. The average Bonchev–Trinajstić information content (AvgIpc) is 2.20. The van der Waals surface area contributed by atoms with Gasteiger partial charge in [-0.3, -0.25) is 0 Å². The van der Waals surface area contributed by atoms with E-state index in [1.165, 1.54) is 37.7 Å². The molecule has 0 aliphatic carbocycles.